The highest BCUT2D eigenvalue weighted by molar-refractivity contribution is 6.00. The van der Waals surface area contributed by atoms with Gasteiger partial charge >= 0.3 is 0 Å². The van der Waals surface area contributed by atoms with Crippen molar-refractivity contribution in [3.05, 3.63) is 59.7 Å². The van der Waals surface area contributed by atoms with Crippen LogP contribution < -0.4 is 15.4 Å². The molecule has 210 valence electrons. The van der Waals surface area contributed by atoms with Crippen LogP contribution in [0, 0.1) is 5.92 Å². The molecule has 2 heterocycles. The van der Waals surface area contributed by atoms with Crippen LogP contribution in [0.3, 0.4) is 0 Å². The van der Waals surface area contributed by atoms with Crippen molar-refractivity contribution in [2.24, 2.45) is 5.92 Å². The van der Waals surface area contributed by atoms with Gasteiger partial charge in [0.1, 0.15) is 23.1 Å². The van der Waals surface area contributed by atoms with E-state index in [4.69, 9.17) is 4.74 Å². The second kappa shape index (κ2) is 12.6. The lowest BCUT2D eigenvalue weighted by Gasteiger charge is -2.52. The Hall–Kier alpha value is -3.39. The third kappa shape index (κ3) is 6.61. The number of nitrogens with one attached hydrogen (secondary N) is 2. The molecule has 0 bridgehead atoms. The maximum atomic E-state index is 13.4. The van der Waals surface area contributed by atoms with Crippen molar-refractivity contribution in [2.45, 2.75) is 71.0 Å². The number of hydrogen-bond acceptors (Lipinski definition) is 5. The Morgan fingerprint density at radius 1 is 1.05 bits per heavy atom. The van der Waals surface area contributed by atoms with Crippen LogP contribution in [0.1, 0.15) is 68.8 Å². The van der Waals surface area contributed by atoms with Gasteiger partial charge in [0.25, 0.3) is 5.91 Å². The molecular weight excluding hydrogens is 492 g/mol. The van der Waals surface area contributed by atoms with E-state index in [1.54, 1.807) is 31.3 Å². The molecule has 0 saturated carbocycles. The van der Waals surface area contributed by atoms with Gasteiger partial charge in [0, 0.05) is 38.8 Å². The summed E-state index contributed by atoms with van der Waals surface area (Å²) in [7, 11) is 1.61. The summed E-state index contributed by atoms with van der Waals surface area (Å²) < 4.78 is 5.94. The molecule has 0 unspecified atom stereocenters. The molecule has 2 N–H and O–H groups in total. The van der Waals surface area contributed by atoms with Crippen LogP contribution in [0.4, 0.5) is 0 Å². The van der Waals surface area contributed by atoms with Crippen LogP contribution in [0.15, 0.2) is 48.5 Å². The minimum absolute atomic E-state index is 0.0216. The van der Waals surface area contributed by atoms with E-state index in [9.17, 15) is 14.4 Å². The average molecular weight is 535 g/mol. The molecule has 1 spiro atoms. The molecule has 2 aliphatic rings. The Bertz CT molecular complexity index is 1140. The summed E-state index contributed by atoms with van der Waals surface area (Å²) in [5.41, 5.74) is 1.01. The number of carbonyl (C=O) groups is 3. The van der Waals surface area contributed by atoms with Gasteiger partial charge in [0.15, 0.2) is 0 Å². The van der Waals surface area contributed by atoms with Crippen molar-refractivity contribution in [3.8, 4) is 11.5 Å². The maximum Gasteiger partial charge on any atom is 0.251 e. The molecule has 0 aliphatic carbocycles. The third-order valence-corrected chi connectivity index (χ3v) is 7.84. The fraction of sp³-hybridized carbons (Fsp3) is 0.516. The first-order valence-corrected chi connectivity index (χ1v) is 14.2. The van der Waals surface area contributed by atoms with Crippen LogP contribution in [-0.4, -0.2) is 65.8 Å². The fourth-order valence-corrected chi connectivity index (χ4v) is 5.60. The quantitative estimate of drug-likeness (QED) is 0.473. The van der Waals surface area contributed by atoms with Gasteiger partial charge < -0.3 is 20.3 Å². The summed E-state index contributed by atoms with van der Waals surface area (Å²) >= 11 is 0. The van der Waals surface area contributed by atoms with E-state index >= 15 is 0 Å². The van der Waals surface area contributed by atoms with Crippen molar-refractivity contribution in [1.29, 1.82) is 0 Å². The molecule has 8 heteroatoms. The lowest BCUT2D eigenvalue weighted by Crippen LogP contribution is -2.73. The number of nitrogens with zero attached hydrogens (tertiary/aromatic N) is 2. The Kier molecular flexibility index (Phi) is 9.28. The molecule has 39 heavy (non-hydrogen) atoms. The molecule has 2 aliphatic heterocycles. The molecule has 4 rings (SSSR count). The van der Waals surface area contributed by atoms with E-state index in [1.807, 2.05) is 17.0 Å². The first kappa shape index (κ1) is 28.6. The van der Waals surface area contributed by atoms with Crippen LogP contribution in [0.2, 0.25) is 0 Å². The second-order valence-electron chi connectivity index (χ2n) is 11.2. The molecular formula is C31H42N4O4. The topological polar surface area (TPSA) is 91.0 Å². The number of rotatable bonds is 10. The van der Waals surface area contributed by atoms with Crippen molar-refractivity contribution < 1.29 is 19.1 Å². The predicted molar refractivity (Wildman–Crippen MR) is 152 cm³/mol. The summed E-state index contributed by atoms with van der Waals surface area (Å²) in [6.07, 6.45) is 3.87. The first-order valence-electron chi connectivity index (χ1n) is 14.2. The van der Waals surface area contributed by atoms with Crippen LogP contribution >= 0.6 is 0 Å². The van der Waals surface area contributed by atoms with Crippen molar-refractivity contribution in [1.82, 2.24) is 20.4 Å². The molecule has 0 aromatic heterocycles. The zero-order valence-corrected chi connectivity index (χ0v) is 23.7. The molecule has 2 aromatic rings. The summed E-state index contributed by atoms with van der Waals surface area (Å²) in [6, 6.07) is 14.6. The van der Waals surface area contributed by atoms with Gasteiger partial charge in [-0.15, -0.1) is 0 Å². The molecule has 3 amide bonds. The fourth-order valence-electron chi connectivity index (χ4n) is 5.60. The summed E-state index contributed by atoms with van der Waals surface area (Å²) in [4.78, 5) is 42.9. The van der Waals surface area contributed by atoms with E-state index in [1.165, 1.54) is 0 Å². The molecule has 2 fully saturated rings. The average Bonchev–Trinajstić information content (AvgIpc) is 2.93. The Morgan fingerprint density at radius 2 is 1.67 bits per heavy atom. The largest absolute Gasteiger partial charge is 0.457 e. The number of benzene rings is 2. The standard InChI is InChI=1S/C31H42N4O4/c1-5-6-17-35-29(37)27(20-22(2)3)33-30(38)31(35)15-18-34(19-16-31)21-23-7-11-25(12-8-23)39-26-13-9-24(10-14-26)28(36)32-4/h7-14,22,27H,5-6,15-21H2,1-4H3,(H,32,36)(H,33,38)/t27-/m0/s1. The molecule has 8 nitrogen and oxygen atoms in total. The monoisotopic (exact) mass is 534 g/mol. The number of ether oxygens (including phenoxy) is 1. The summed E-state index contributed by atoms with van der Waals surface area (Å²) in [5, 5.41) is 5.69. The SMILES string of the molecule is CCCCN1C(=O)[C@H](CC(C)C)NC(=O)C12CCN(Cc1ccc(Oc3ccc(C(=O)NC)cc3)cc1)CC2. The lowest BCUT2D eigenvalue weighted by molar-refractivity contribution is -0.161. The van der Waals surface area contributed by atoms with Gasteiger partial charge in [-0.05, 0) is 73.6 Å². The number of piperazine rings is 1. The van der Waals surface area contributed by atoms with Gasteiger partial charge in [0.2, 0.25) is 11.8 Å². The van der Waals surface area contributed by atoms with E-state index in [-0.39, 0.29) is 17.7 Å². The molecule has 1 atom stereocenters. The van der Waals surface area contributed by atoms with Crippen molar-refractivity contribution in [2.75, 3.05) is 26.7 Å². The number of likely N-dealkylation sites (tertiary alicyclic amines) is 1. The molecule has 2 aromatic carbocycles. The lowest BCUT2D eigenvalue weighted by atomic mass is 9.80. The van der Waals surface area contributed by atoms with Crippen LogP contribution in [0.5, 0.6) is 11.5 Å². The maximum absolute atomic E-state index is 13.4. The van der Waals surface area contributed by atoms with Gasteiger partial charge in [-0.25, -0.2) is 0 Å². The van der Waals surface area contributed by atoms with Crippen molar-refractivity contribution in [3.63, 3.8) is 0 Å². The van der Waals surface area contributed by atoms with Gasteiger partial charge in [-0.1, -0.05) is 39.3 Å². The third-order valence-electron chi connectivity index (χ3n) is 7.84. The summed E-state index contributed by atoms with van der Waals surface area (Å²) in [6.45, 7) is 9.23. The zero-order valence-electron chi connectivity index (χ0n) is 23.7. The van der Waals surface area contributed by atoms with E-state index in [0.717, 1.165) is 43.8 Å². The Morgan fingerprint density at radius 3 is 2.23 bits per heavy atom. The first-order chi connectivity index (χ1) is 18.8. The highest BCUT2D eigenvalue weighted by Gasteiger charge is 2.53. The minimum atomic E-state index is -0.735. The summed E-state index contributed by atoms with van der Waals surface area (Å²) in [5.74, 6) is 1.71. The normalized spacial score (nSPS) is 19.3. The Labute approximate surface area is 232 Å². The van der Waals surface area contributed by atoms with E-state index in [0.29, 0.717) is 43.0 Å². The number of amides is 3. The van der Waals surface area contributed by atoms with Crippen molar-refractivity contribution >= 4 is 17.7 Å². The highest BCUT2D eigenvalue weighted by Crippen LogP contribution is 2.35. The predicted octanol–water partition coefficient (Wildman–Crippen LogP) is 4.35. The number of unbranched alkanes of at least 4 members (excludes halogenated alkanes) is 1. The van der Waals surface area contributed by atoms with Crippen LogP contribution in [-0.2, 0) is 16.1 Å². The molecule has 2 saturated heterocycles. The second-order valence-corrected chi connectivity index (χ2v) is 11.2. The smallest absolute Gasteiger partial charge is 0.251 e. The number of carbonyl (C=O) groups excluding carboxylic acids is 3. The molecule has 0 radical (unpaired) electrons. The Balaban J connectivity index is 1.35. The number of piperidine rings is 1. The number of hydrogen-bond donors (Lipinski definition) is 2. The van der Waals surface area contributed by atoms with E-state index in [2.05, 4.69) is 48.4 Å². The van der Waals surface area contributed by atoms with Gasteiger partial charge in [-0.3, -0.25) is 19.3 Å². The minimum Gasteiger partial charge on any atom is -0.457 e. The highest BCUT2D eigenvalue weighted by atomic mass is 16.5. The van der Waals surface area contributed by atoms with Gasteiger partial charge in [0.05, 0.1) is 0 Å². The zero-order chi connectivity index (χ0) is 28.0. The van der Waals surface area contributed by atoms with Crippen LogP contribution in [0.25, 0.3) is 0 Å². The van der Waals surface area contributed by atoms with E-state index < -0.39 is 11.6 Å². The van der Waals surface area contributed by atoms with Gasteiger partial charge in [-0.2, -0.15) is 0 Å².